The van der Waals surface area contributed by atoms with Crippen molar-refractivity contribution < 1.29 is 28.6 Å². The second kappa shape index (κ2) is 9.91. The molecule has 0 aromatic heterocycles. The highest BCUT2D eigenvalue weighted by Crippen LogP contribution is 2.41. The lowest BCUT2D eigenvalue weighted by Crippen LogP contribution is -2.52. The zero-order valence-electron chi connectivity index (χ0n) is 17.0. The molecule has 1 aromatic carbocycles. The zero-order chi connectivity index (χ0) is 21.4. The molecule has 1 aromatic rings. The highest BCUT2D eigenvalue weighted by Gasteiger charge is 2.51. The average Bonchev–Trinajstić information content (AvgIpc) is 3.15. The summed E-state index contributed by atoms with van der Waals surface area (Å²) in [5.74, 6) is -2.53. The molecule has 0 amide bonds. The third kappa shape index (κ3) is 4.50. The Morgan fingerprint density at radius 3 is 2.21 bits per heavy atom. The summed E-state index contributed by atoms with van der Waals surface area (Å²) in [5, 5.41) is 3.12. The molecule has 2 rings (SSSR count). The zero-order valence-corrected chi connectivity index (χ0v) is 17.0. The first kappa shape index (κ1) is 22.2. The Kier molecular flexibility index (Phi) is 7.59. The Morgan fingerprint density at radius 2 is 1.72 bits per heavy atom. The van der Waals surface area contributed by atoms with Gasteiger partial charge in [0.2, 0.25) is 0 Å². The Morgan fingerprint density at radius 1 is 1.14 bits per heavy atom. The molecule has 1 fully saturated rings. The standard InChI is InChI=1S/C22H27NO6/c1-5-16(15-11-9-8-10-12-15)22(21(26)27-4)14-13-17(23-22)18(19(24)28-6-2)20(25)29-7-3/h5,8-12,16,23H,1,6-7,13-14H2,2-4H3/t16-,22-/m1/s1. The number of esters is 3. The fourth-order valence-electron chi connectivity index (χ4n) is 3.62. The molecule has 0 spiro atoms. The Hall–Kier alpha value is -3.09. The summed E-state index contributed by atoms with van der Waals surface area (Å²) < 4.78 is 15.2. The lowest BCUT2D eigenvalue weighted by atomic mass is 9.78. The van der Waals surface area contributed by atoms with E-state index in [9.17, 15) is 14.4 Å². The molecule has 1 N–H and O–H groups in total. The van der Waals surface area contributed by atoms with E-state index in [0.717, 1.165) is 5.56 Å². The van der Waals surface area contributed by atoms with Crippen molar-refractivity contribution >= 4 is 17.9 Å². The van der Waals surface area contributed by atoms with Crippen LogP contribution in [0.2, 0.25) is 0 Å². The van der Waals surface area contributed by atoms with Gasteiger partial charge in [-0.2, -0.15) is 0 Å². The van der Waals surface area contributed by atoms with Gasteiger partial charge < -0.3 is 19.5 Å². The number of nitrogens with one attached hydrogen (secondary N) is 1. The SMILES string of the molecule is C=C[C@H](c1ccccc1)[C@@]1(C(=O)OC)CCC(=C(C(=O)OCC)C(=O)OCC)N1. The molecular formula is C22H27NO6. The molecule has 1 aliphatic rings. The van der Waals surface area contributed by atoms with E-state index in [2.05, 4.69) is 11.9 Å². The first-order chi connectivity index (χ1) is 13.9. The number of allylic oxidation sites excluding steroid dienone is 1. The van der Waals surface area contributed by atoms with E-state index >= 15 is 0 Å². The molecular weight excluding hydrogens is 374 g/mol. The van der Waals surface area contributed by atoms with Gasteiger partial charge in [-0.15, -0.1) is 6.58 Å². The van der Waals surface area contributed by atoms with Gasteiger partial charge in [0.05, 0.1) is 20.3 Å². The van der Waals surface area contributed by atoms with E-state index in [4.69, 9.17) is 14.2 Å². The van der Waals surface area contributed by atoms with Crippen LogP contribution in [-0.4, -0.2) is 43.8 Å². The van der Waals surface area contributed by atoms with Crippen LogP contribution in [0.4, 0.5) is 0 Å². The average molecular weight is 401 g/mol. The van der Waals surface area contributed by atoms with Gasteiger partial charge in [0.15, 0.2) is 5.57 Å². The molecule has 1 saturated heterocycles. The van der Waals surface area contributed by atoms with Gasteiger partial charge in [0, 0.05) is 11.6 Å². The largest absolute Gasteiger partial charge is 0.467 e. The van der Waals surface area contributed by atoms with Gasteiger partial charge in [-0.05, 0) is 32.3 Å². The minimum atomic E-state index is -1.21. The third-order valence-corrected chi connectivity index (χ3v) is 4.88. The summed E-state index contributed by atoms with van der Waals surface area (Å²) in [6.07, 6.45) is 2.25. The number of ether oxygens (including phenoxy) is 3. The molecule has 156 valence electrons. The Balaban J connectivity index is 2.55. The van der Waals surface area contributed by atoms with Crippen molar-refractivity contribution in [2.45, 2.75) is 38.1 Å². The van der Waals surface area contributed by atoms with Crippen molar-refractivity contribution in [2.75, 3.05) is 20.3 Å². The monoisotopic (exact) mass is 401 g/mol. The maximum absolute atomic E-state index is 12.9. The topological polar surface area (TPSA) is 90.9 Å². The number of carbonyl (C=O) groups excluding carboxylic acids is 3. The molecule has 7 nitrogen and oxygen atoms in total. The molecule has 0 unspecified atom stereocenters. The highest BCUT2D eigenvalue weighted by atomic mass is 16.6. The number of rotatable bonds is 8. The minimum absolute atomic E-state index is 0.108. The van der Waals surface area contributed by atoms with E-state index in [-0.39, 0.29) is 25.2 Å². The van der Waals surface area contributed by atoms with Crippen LogP contribution >= 0.6 is 0 Å². The van der Waals surface area contributed by atoms with E-state index in [0.29, 0.717) is 12.1 Å². The van der Waals surface area contributed by atoms with E-state index in [1.54, 1.807) is 19.9 Å². The molecule has 1 aliphatic heterocycles. The predicted molar refractivity (Wildman–Crippen MR) is 107 cm³/mol. The normalized spacial score (nSPS) is 18.9. The van der Waals surface area contributed by atoms with Gasteiger partial charge in [-0.1, -0.05) is 36.4 Å². The third-order valence-electron chi connectivity index (χ3n) is 4.88. The summed E-state index contributed by atoms with van der Waals surface area (Å²) in [5.41, 5.74) is -0.279. The van der Waals surface area contributed by atoms with Crippen molar-refractivity contribution in [2.24, 2.45) is 0 Å². The molecule has 0 aliphatic carbocycles. The fourth-order valence-corrected chi connectivity index (χ4v) is 3.62. The van der Waals surface area contributed by atoms with E-state index in [1.807, 2.05) is 30.3 Å². The van der Waals surface area contributed by atoms with Gasteiger partial charge >= 0.3 is 17.9 Å². The maximum Gasteiger partial charge on any atom is 0.347 e. The summed E-state index contributed by atoms with van der Waals surface area (Å²) >= 11 is 0. The number of hydrogen-bond donors (Lipinski definition) is 1. The maximum atomic E-state index is 12.9. The number of hydrogen-bond acceptors (Lipinski definition) is 7. The van der Waals surface area contributed by atoms with Crippen LogP contribution in [0.5, 0.6) is 0 Å². The van der Waals surface area contributed by atoms with Gasteiger partial charge in [0.25, 0.3) is 0 Å². The van der Waals surface area contributed by atoms with Crippen LogP contribution in [0.3, 0.4) is 0 Å². The van der Waals surface area contributed by atoms with Crippen LogP contribution in [0.1, 0.15) is 38.2 Å². The van der Waals surface area contributed by atoms with Crippen molar-refractivity contribution in [3.05, 3.63) is 59.8 Å². The molecule has 2 atom stereocenters. The van der Waals surface area contributed by atoms with Gasteiger partial charge in [-0.25, -0.2) is 14.4 Å². The Labute approximate surface area is 170 Å². The highest BCUT2D eigenvalue weighted by molar-refractivity contribution is 6.15. The fraction of sp³-hybridized carbons (Fsp3) is 0.409. The summed E-state index contributed by atoms with van der Waals surface area (Å²) in [4.78, 5) is 37.8. The van der Waals surface area contributed by atoms with Crippen molar-refractivity contribution in [1.29, 1.82) is 0 Å². The summed E-state index contributed by atoms with van der Waals surface area (Å²) in [6, 6.07) is 9.38. The van der Waals surface area contributed by atoms with E-state index < -0.39 is 29.4 Å². The van der Waals surface area contributed by atoms with E-state index in [1.165, 1.54) is 7.11 Å². The first-order valence-corrected chi connectivity index (χ1v) is 9.56. The lowest BCUT2D eigenvalue weighted by Gasteiger charge is -2.34. The van der Waals surface area contributed by atoms with Crippen molar-refractivity contribution in [1.82, 2.24) is 5.32 Å². The van der Waals surface area contributed by atoms with Gasteiger partial charge in [-0.3, -0.25) is 0 Å². The predicted octanol–water partition coefficient (Wildman–Crippen LogP) is 2.63. The van der Waals surface area contributed by atoms with Gasteiger partial charge in [0.1, 0.15) is 5.54 Å². The molecule has 0 bridgehead atoms. The number of benzene rings is 1. The molecule has 7 heteroatoms. The van der Waals surface area contributed by atoms with Crippen LogP contribution in [-0.2, 0) is 28.6 Å². The molecule has 29 heavy (non-hydrogen) atoms. The van der Waals surface area contributed by atoms with Crippen molar-refractivity contribution in [3.63, 3.8) is 0 Å². The second-order valence-electron chi connectivity index (χ2n) is 6.51. The van der Waals surface area contributed by atoms with Crippen molar-refractivity contribution in [3.8, 4) is 0 Å². The van der Waals surface area contributed by atoms with Crippen LogP contribution < -0.4 is 5.32 Å². The summed E-state index contributed by atoms with van der Waals surface area (Å²) in [6.45, 7) is 7.41. The number of methoxy groups -OCH3 is 1. The smallest absolute Gasteiger partial charge is 0.347 e. The minimum Gasteiger partial charge on any atom is -0.467 e. The lowest BCUT2D eigenvalue weighted by molar-refractivity contribution is -0.149. The molecule has 0 radical (unpaired) electrons. The Bertz CT molecular complexity index is 781. The number of carbonyl (C=O) groups is 3. The van der Waals surface area contributed by atoms with Crippen LogP contribution in [0, 0.1) is 0 Å². The van der Waals surface area contributed by atoms with Crippen LogP contribution in [0.25, 0.3) is 0 Å². The van der Waals surface area contributed by atoms with Crippen LogP contribution in [0.15, 0.2) is 54.3 Å². The quantitative estimate of drug-likeness (QED) is 0.179. The first-order valence-electron chi connectivity index (χ1n) is 9.56. The second-order valence-corrected chi connectivity index (χ2v) is 6.51. The molecule has 0 saturated carbocycles. The molecule has 1 heterocycles. The summed E-state index contributed by atoms with van der Waals surface area (Å²) in [7, 11) is 1.30.